The van der Waals surface area contributed by atoms with Crippen molar-refractivity contribution in [2.75, 3.05) is 6.61 Å². The van der Waals surface area contributed by atoms with Gasteiger partial charge >= 0.3 is 5.97 Å². The summed E-state index contributed by atoms with van der Waals surface area (Å²) in [7, 11) is 0. The molecule has 0 bridgehead atoms. The van der Waals surface area contributed by atoms with Gasteiger partial charge in [-0.25, -0.2) is 4.79 Å². The second-order valence-electron chi connectivity index (χ2n) is 3.62. The molecule has 0 radical (unpaired) electrons. The van der Waals surface area contributed by atoms with Gasteiger partial charge in [0.15, 0.2) is 0 Å². The number of hydrogen-bond donors (Lipinski definition) is 0. The van der Waals surface area contributed by atoms with Crippen LogP contribution in [0, 0.1) is 0 Å². The Balaban J connectivity index is 1.89. The molecule has 2 nitrogen and oxygen atoms in total. The Morgan fingerprint density at radius 3 is 2.88 bits per heavy atom. The topological polar surface area (TPSA) is 26.3 Å². The van der Waals surface area contributed by atoms with Crippen LogP contribution in [0.4, 0.5) is 0 Å². The van der Waals surface area contributed by atoms with E-state index in [4.69, 9.17) is 4.74 Å². The Hall–Kier alpha value is -1.09. The Morgan fingerprint density at radius 2 is 2.19 bits per heavy atom. The molecule has 0 aliphatic heterocycles. The molecule has 0 N–H and O–H groups in total. The minimum Gasteiger partial charge on any atom is -0.463 e. The highest BCUT2D eigenvalue weighted by molar-refractivity contribution is 7.09. The van der Waals surface area contributed by atoms with Crippen LogP contribution in [-0.2, 0) is 16.0 Å². The zero-order chi connectivity index (χ0) is 11.6. The summed E-state index contributed by atoms with van der Waals surface area (Å²) in [5.74, 6) is -0.321. The summed E-state index contributed by atoms with van der Waals surface area (Å²) in [5, 5.41) is 2.12. The zero-order valence-electron chi connectivity index (χ0n) is 9.48. The summed E-state index contributed by atoms with van der Waals surface area (Å²) in [6.07, 6.45) is 6.86. The molecule has 0 spiro atoms. The minimum absolute atomic E-state index is 0.321. The summed E-state index contributed by atoms with van der Waals surface area (Å²) in [4.78, 5) is 12.2. The van der Waals surface area contributed by atoms with E-state index in [1.54, 1.807) is 0 Å². The number of unbranched alkanes of at least 4 members (excludes halogenated alkanes) is 3. The molecule has 0 aliphatic carbocycles. The van der Waals surface area contributed by atoms with Gasteiger partial charge < -0.3 is 4.74 Å². The van der Waals surface area contributed by atoms with E-state index in [1.807, 2.05) is 11.3 Å². The maximum Gasteiger partial charge on any atom is 0.330 e. The number of rotatable bonds is 8. The lowest BCUT2D eigenvalue weighted by Crippen LogP contribution is -2.01. The van der Waals surface area contributed by atoms with Gasteiger partial charge in [-0.3, -0.25) is 0 Å². The molecule has 3 heteroatoms. The molecular formula is C13H18O2S. The number of hydrogen-bond acceptors (Lipinski definition) is 3. The van der Waals surface area contributed by atoms with Crippen molar-refractivity contribution in [2.45, 2.75) is 32.1 Å². The van der Waals surface area contributed by atoms with Gasteiger partial charge in [-0.15, -0.1) is 11.3 Å². The highest BCUT2D eigenvalue weighted by Crippen LogP contribution is 2.13. The van der Waals surface area contributed by atoms with E-state index in [1.165, 1.54) is 30.2 Å². The SMILES string of the molecule is C=CC(=O)OCCCCCCc1cccs1. The summed E-state index contributed by atoms with van der Waals surface area (Å²) in [6, 6.07) is 4.27. The van der Waals surface area contributed by atoms with Gasteiger partial charge in [-0.1, -0.05) is 25.5 Å². The molecule has 1 aromatic heterocycles. The second kappa shape index (κ2) is 8.11. The van der Waals surface area contributed by atoms with E-state index < -0.39 is 0 Å². The molecule has 16 heavy (non-hydrogen) atoms. The largest absolute Gasteiger partial charge is 0.463 e. The third kappa shape index (κ3) is 5.71. The lowest BCUT2D eigenvalue weighted by Gasteiger charge is -2.01. The van der Waals surface area contributed by atoms with E-state index in [0.29, 0.717) is 6.61 Å². The lowest BCUT2D eigenvalue weighted by atomic mass is 10.1. The second-order valence-corrected chi connectivity index (χ2v) is 4.65. The van der Waals surface area contributed by atoms with Crippen LogP contribution in [0.25, 0.3) is 0 Å². The van der Waals surface area contributed by atoms with Crippen LogP contribution in [0.5, 0.6) is 0 Å². The number of carbonyl (C=O) groups excluding carboxylic acids is 1. The van der Waals surface area contributed by atoms with Gasteiger partial charge in [0.25, 0.3) is 0 Å². The molecule has 1 rings (SSSR count). The van der Waals surface area contributed by atoms with E-state index in [-0.39, 0.29) is 5.97 Å². The maximum atomic E-state index is 10.7. The van der Waals surface area contributed by atoms with Crippen molar-refractivity contribution in [3.63, 3.8) is 0 Å². The number of carbonyl (C=O) groups is 1. The molecule has 1 aromatic rings. The fourth-order valence-corrected chi connectivity index (χ4v) is 2.19. The lowest BCUT2D eigenvalue weighted by molar-refractivity contribution is -0.137. The summed E-state index contributed by atoms with van der Waals surface area (Å²) in [6.45, 7) is 3.86. The van der Waals surface area contributed by atoms with Crippen LogP contribution in [-0.4, -0.2) is 12.6 Å². The molecule has 1 heterocycles. The van der Waals surface area contributed by atoms with Crippen LogP contribution in [0.15, 0.2) is 30.2 Å². The molecule has 0 saturated heterocycles. The predicted molar refractivity (Wildman–Crippen MR) is 67.6 cm³/mol. The van der Waals surface area contributed by atoms with E-state index in [9.17, 15) is 4.79 Å². The summed E-state index contributed by atoms with van der Waals surface area (Å²) in [5.41, 5.74) is 0. The normalized spacial score (nSPS) is 10.0. The van der Waals surface area contributed by atoms with Crippen LogP contribution >= 0.6 is 11.3 Å². The highest BCUT2D eigenvalue weighted by Gasteiger charge is 1.96. The van der Waals surface area contributed by atoms with E-state index >= 15 is 0 Å². The third-order valence-corrected chi connectivity index (χ3v) is 3.24. The van der Waals surface area contributed by atoms with Crippen molar-refractivity contribution in [1.82, 2.24) is 0 Å². The van der Waals surface area contributed by atoms with Gasteiger partial charge in [0.05, 0.1) is 6.61 Å². The first kappa shape index (κ1) is 13.0. The van der Waals surface area contributed by atoms with Crippen molar-refractivity contribution in [1.29, 1.82) is 0 Å². The third-order valence-electron chi connectivity index (χ3n) is 2.31. The fourth-order valence-electron chi connectivity index (χ4n) is 1.44. The summed E-state index contributed by atoms with van der Waals surface area (Å²) >= 11 is 1.82. The van der Waals surface area contributed by atoms with Crippen LogP contribution in [0.2, 0.25) is 0 Å². The van der Waals surface area contributed by atoms with Gasteiger partial charge in [0.1, 0.15) is 0 Å². The molecule has 0 fully saturated rings. The van der Waals surface area contributed by atoms with Gasteiger partial charge in [-0.05, 0) is 30.7 Å². The molecule has 0 unspecified atom stereocenters. The fraction of sp³-hybridized carbons (Fsp3) is 0.462. The Kier molecular flexibility index (Phi) is 6.58. The average Bonchev–Trinajstić information content (AvgIpc) is 2.80. The van der Waals surface area contributed by atoms with Crippen molar-refractivity contribution < 1.29 is 9.53 Å². The van der Waals surface area contributed by atoms with Crippen LogP contribution in [0.1, 0.15) is 30.6 Å². The number of esters is 1. The van der Waals surface area contributed by atoms with Crippen molar-refractivity contribution in [2.24, 2.45) is 0 Å². The first-order valence-corrected chi connectivity index (χ1v) is 6.52. The molecule has 88 valence electrons. The maximum absolute atomic E-state index is 10.7. The molecule has 0 aliphatic rings. The highest BCUT2D eigenvalue weighted by atomic mass is 32.1. The van der Waals surface area contributed by atoms with E-state index in [0.717, 1.165) is 12.8 Å². The Labute approximate surface area is 101 Å². The first-order chi connectivity index (χ1) is 7.83. The quantitative estimate of drug-likeness (QED) is 0.393. The minimum atomic E-state index is -0.321. The number of aryl methyl sites for hydroxylation is 1. The monoisotopic (exact) mass is 238 g/mol. The van der Waals surface area contributed by atoms with Gasteiger partial charge in [0, 0.05) is 11.0 Å². The van der Waals surface area contributed by atoms with Crippen molar-refractivity contribution >= 4 is 17.3 Å². The molecule has 0 amide bonds. The van der Waals surface area contributed by atoms with E-state index in [2.05, 4.69) is 24.1 Å². The van der Waals surface area contributed by atoms with Gasteiger partial charge in [0.2, 0.25) is 0 Å². The smallest absolute Gasteiger partial charge is 0.330 e. The number of thiophene rings is 1. The van der Waals surface area contributed by atoms with Crippen LogP contribution < -0.4 is 0 Å². The average molecular weight is 238 g/mol. The van der Waals surface area contributed by atoms with Gasteiger partial charge in [-0.2, -0.15) is 0 Å². The molecule has 0 saturated carbocycles. The summed E-state index contributed by atoms with van der Waals surface area (Å²) < 4.78 is 4.89. The standard InChI is InChI=1S/C13H18O2S/c1-2-13(14)15-10-6-4-3-5-8-12-9-7-11-16-12/h2,7,9,11H,1,3-6,8,10H2. The zero-order valence-corrected chi connectivity index (χ0v) is 10.3. The van der Waals surface area contributed by atoms with Crippen LogP contribution in [0.3, 0.4) is 0 Å². The predicted octanol–water partition coefficient (Wildman–Crippen LogP) is 3.58. The number of ether oxygens (including phenoxy) is 1. The Bertz CT molecular complexity index is 304. The molecule has 0 atom stereocenters. The van der Waals surface area contributed by atoms with Crippen molar-refractivity contribution in [3.05, 3.63) is 35.0 Å². The van der Waals surface area contributed by atoms with Crippen molar-refractivity contribution in [3.8, 4) is 0 Å². The molecule has 0 aromatic carbocycles. The first-order valence-electron chi connectivity index (χ1n) is 5.64. The Morgan fingerprint density at radius 1 is 1.38 bits per heavy atom. The molecular weight excluding hydrogens is 220 g/mol.